The molecule has 2 aromatic rings. The van der Waals surface area contributed by atoms with Gasteiger partial charge < -0.3 is 5.73 Å². The summed E-state index contributed by atoms with van der Waals surface area (Å²) >= 11 is 10.8. The molecule has 1 aromatic heterocycles. The maximum Gasteiger partial charge on any atom is 0.141 e. The maximum absolute atomic E-state index is 13.0. The molecule has 0 fully saturated rings. The molecule has 1 atom stereocenters. The maximum atomic E-state index is 13.0. The van der Waals surface area contributed by atoms with Crippen molar-refractivity contribution in [2.24, 2.45) is 5.73 Å². The van der Waals surface area contributed by atoms with Gasteiger partial charge in [0.05, 0.1) is 5.02 Å². The van der Waals surface area contributed by atoms with Crippen molar-refractivity contribution >= 4 is 38.9 Å². The predicted octanol–water partition coefficient (Wildman–Crippen LogP) is 4.55. The van der Waals surface area contributed by atoms with Gasteiger partial charge >= 0.3 is 0 Å². The Labute approximate surface area is 117 Å². The minimum atomic E-state index is -0.415. The molecule has 0 aliphatic heterocycles. The number of nitrogens with two attached hydrogens (primary N) is 1. The third-order valence-electron chi connectivity index (χ3n) is 2.41. The van der Waals surface area contributed by atoms with Gasteiger partial charge in [0.1, 0.15) is 5.82 Å². The lowest BCUT2D eigenvalue weighted by molar-refractivity contribution is 0.625. The van der Waals surface area contributed by atoms with Gasteiger partial charge in [-0.3, -0.25) is 0 Å². The Morgan fingerprint density at radius 2 is 2.18 bits per heavy atom. The number of halogens is 3. The Balaban J connectivity index is 2.14. The van der Waals surface area contributed by atoms with Crippen LogP contribution in [0.5, 0.6) is 0 Å². The fourth-order valence-electron chi connectivity index (χ4n) is 1.54. The molecular weight excluding hydrogens is 325 g/mol. The van der Waals surface area contributed by atoms with Gasteiger partial charge in [0.15, 0.2) is 0 Å². The Kier molecular flexibility index (Phi) is 4.20. The van der Waals surface area contributed by atoms with Crippen LogP contribution in [-0.4, -0.2) is 0 Å². The number of hydrogen-bond donors (Lipinski definition) is 1. The van der Waals surface area contributed by atoms with E-state index in [1.165, 1.54) is 10.9 Å². The molecule has 0 aliphatic carbocycles. The lowest BCUT2D eigenvalue weighted by atomic mass is 10.0. The van der Waals surface area contributed by atoms with E-state index in [1.807, 2.05) is 11.4 Å². The first-order chi connectivity index (χ1) is 8.06. The quantitative estimate of drug-likeness (QED) is 0.876. The van der Waals surface area contributed by atoms with Crippen molar-refractivity contribution in [3.8, 4) is 0 Å². The molecule has 2 rings (SSSR count). The molecule has 0 aliphatic rings. The molecule has 17 heavy (non-hydrogen) atoms. The molecule has 0 radical (unpaired) electrons. The topological polar surface area (TPSA) is 26.0 Å². The fourth-order valence-corrected chi connectivity index (χ4v) is 3.24. The van der Waals surface area contributed by atoms with Gasteiger partial charge in [0, 0.05) is 27.2 Å². The average Bonchev–Trinajstić information content (AvgIpc) is 2.68. The second-order valence-electron chi connectivity index (χ2n) is 3.72. The summed E-state index contributed by atoms with van der Waals surface area (Å²) in [4.78, 5) is 1.19. The van der Waals surface area contributed by atoms with E-state index >= 15 is 0 Å². The first-order valence-electron chi connectivity index (χ1n) is 4.99. The smallest absolute Gasteiger partial charge is 0.141 e. The standard InChI is InChI=1S/C12H10BrClFNS/c13-8-4-9(17-6-8)5-12(16)7-1-2-11(15)10(14)3-7/h1-4,6,12H,5,16H2. The van der Waals surface area contributed by atoms with Gasteiger partial charge in [0.25, 0.3) is 0 Å². The van der Waals surface area contributed by atoms with Crippen molar-refractivity contribution in [1.29, 1.82) is 0 Å². The second kappa shape index (κ2) is 5.48. The molecule has 1 nitrogen and oxygen atoms in total. The zero-order chi connectivity index (χ0) is 12.4. The normalized spacial score (nSPS) is 12.7. The van der Waals surface area contributed by atoms with E-state index in [2.05, 4.69) is 15.9 Å². The lowest BCUT2D eigenvalue weighted by Gasteiger charge is -2.11. The van der Waals surface area contributed by atoms with E-state index < -0.39 is 5.82 Å². The SMILES string of the molecule is NC(Cc1cc(Br)cs1)c1ccc(F)c(Cl)c1. The van der Waals surface area contributed by atoms with Crippen molar-refractivity contribution in [3.05, 3.63) is 55.4 Å². The van der Waals surface area contributed by atoms with E-state index in [1.54, 1.807) is 23.5 Å². The van der Waals surface area contributed by atoms with Crippen molar-refractivity contribution in [3.63, 3.8) is 0 Å². The molecule has 5 heteroatoms. The van der Waals surface area contributed by atoms with Crippen LogP contribution >= 0.6 is 38.9 Å². The summed E-state index contributed by atoms with van der Waals surface area (Å²) in [5.74, 6) is -0.415. The Hall–Kier alpha value is -0.420. The number of thiophene rings is 1. The highest BCUT2D eigenvalue weighted by atomic mass is 79.9. The molecule has 0 spiro atoms. The van der Waals surface area contributed by atoms with Crippen LogP contribution in [0.1, 0.15) is 16.5 Å². The van der Waals surface area contributed by atoms with Gasteiger partial charge in [0.2, 0.25) is 0 Å². The second-order valence-corrected chi connectivity index (χ2v) is 6.03. The van der Waals surface area contributed by atoms with Crippen LogP contribution in [-0.2, 0) is 6.42 Å². The summed E-state index contributed by atoms with van der Waals surface area (Å²) in [5.41, 5.74) is 6.91. The van der Waals surface area contributed by atoms with E-state index in [0.29, 0.717) is 0 Å². The highest BCUT2D eigenvalue weighted by Gasteiger charge is 2.10. The molecule has 0 amide bonds. The predicted molar refractivity (Wildman–Crippen MR) is 74.1 cm³/mol. The van der Waals surface area contributed by atoms with Crippen molar-refractivity contribution in [2.75, 3.05) is 0 Å². The summed E-state index contributed by atoms with van der Waals surface area (Å²) in [6.45, 7) is 0. The summed E-state index contributed by atoms with van der Waals surface area (Å²) < 4.78 is 14.1. The molecule has 90 valence electrons. The molecule has 0 saturated carbocycles. The molecule has 1 unspecified atom stereocenters. The minimum absolute atomic E-state index is 0.116. The highest BCUT2D eigenvalue weighted by Crippen LogP contribution is 2.26. The summed E-state index contributed by atoms with van der Waals surface area (Å²) in [5, 5.41) is 2.13. The highest BCUT2D eigenvalue weighted by molar-refractivity contribution is 9.10. The molecule has 2 N–H and O–H groups in total. The first-order valence-corrected chi connectivity index (χ1v) is 7.05. The van der Waals surface area contributed by atoms with Crippen molar-refractivity contribution < 1.29 is 4.39 Å². The lowest BCUT2D eigenvalue weighted by Crippen LogP contribution is -2.12. The zero-order valence-corrected chi connectivity index (χ0v) is 11.9. The van der Waals surface area contributed by atoms with E-state index in [9.17, 15) is 4.39 Å². The zero-order valence-electron chi connectivity index (χ0n) is 8.79. The van der Waals surface area contributed by atoms with Gasteiger partial charge in [-0.15, -0.1) is 11.3 Å². The van der Waals surface area contributed by atoms with Crippen LogP contribution in [0, 0.1) is 5.82 Å². The fraction of sp³-hybridized carbons (Fsp3) is 0.167. The van der Waals surface area contributed by atoms with Crippen LogP contribution in [0.2, 0.25) is 5.02 Å². The third-order valence-corrected chi connectivity index (χ3v) is 4.42. The number of benzene rings is 1. The molecule has 0 saturated heterocycles. The van der Waals surface area contributed by atoms with Crippen LogP contribution in [0.3, 0.4) is 0 Å². The van der Waals surface area contributed by atoms with Crippen LogP contribution in [0.4, 0.5) is 4.39 Å². The van der Waals surface area contributed by atoms with Crippen LogP contribution in [0.15, 0.2) is 34.1 Å². The first kappa shape index (κ1) is 13.0. The summed E-state index contributed by atoms with van der Waals surface area (Å²) in [6, 6.07) is 6.48. The van der Waals surface area contributed by atoms with Gasteiger partial charge in [-0.05, 0) is 39.7 Å². The minimum Gasteiger partial charge on any atom is -0.324 e. The van der Waals surface area contributed by atoms with Gasteiger partial charge in [-0.2, -0.15) is 0 Å². The van der Waals surface area contributed by atoms with Crippen molar-refractivity contribution in [1.82, 2.24) is 0 Å². The number of hydrogen-bond acceptors (Lipinski definition) is 2. The van der Waals surface area contributed by atoms with Gasteiger partial charge in [-0.1, -0.05) is 17.7 Å². The molecule has 1 heterocycles. The summed E-state index contributed by atoms with van der Waals surface area (Å²) in [6.07, 6.45) is 0.720. The third kappa shape index (κ3) is 3.28. The largest absolute Gasteiger partial charge is 0.324 e. The van der Waals surface area contributed by atoms with Crippen molar-refractivity contribution in [2.45, 2.75) is 12.5 Å². The molecule has 1 aromatic carbocycles. The van der Waals surface area contributed by atoms with Gasteiger partial charge in [-0.25, -0.2) is 4.39 Å². The van der Waals surface area contributed by atoms with E-state index in [4.69, 9.17) is 17.3 Å². The Morgan fingerprint density at radius 1 is 1.41 bits per heavy atom. The summed E-state index contributed by atoms with van der Waals surface area (Å²) in [7, 11) is 0. The van der Waals surface area contributed by atoms with Crippen LogP contribution in [0.25, 0.3) is 0 Å². The Bertz CT molecular complexity index is 529. The van der Waals surface area contributed by atoms with Crippen LogP contribution < -0.4 is 5.73 Å². The van der Waals surface area contributed by atoms with E-state index in [0.717, 1.165) is 16.5 Å². The average molecular weight is 335 g/mol. The monoisotopic (exact) mass is 333 g/mol. The molecular formula is C12H10BrClFNS. The number of rotatable bonds is 3. The molecule has 0 bridgehead atoms. The Morgan fingerprint density at radius 3 is 2.76 bits per heavy atom. The van der Waals surface area contributed by atoms with E-state index in [-0.39, 0.29) is 11.1 Å².